The first-order chi connectivity index (χ1) is 21.4. The topological polar surface area (TPSA) is 158 Å². The van der Waals surface area contributed by atoms with Crippen LogP contribution in [0.25, 0.3) is 10.3 Å². The van der Waals surface area contributed by atoms with Crippen LogP contribution in [0.3, 0.4) is 0 Å². The number of nitrogens with one attached hydrogen (secondary N) is 2. The van der Waals surface area contributed by atoms with Crippen molar-refractivity contribution in [3.8, 4) is 0 Å². The number of rotatable bonds is 8. The lowest BCUT2D eigenvalue weighted by atomic mass is 9.71. The second kappa shape index (κ2) is 12.4. The van der Waals surface area contributed by atoms with Gasteiger partial charge in [0, 0.05) is 18.4 Å². The fraction of sp³-hybridized carbons (Fsp3) is 0.531. The number of hydrogen-bond donors (Lipinski definition) is 3. The summed E-state index contributed by atoms with van der Waals surface area (Å²) < 4.78 is 0. The predicted octanol–water partition coefficient (Wildman–Crippen LogP) is 3.95. The number of carboxylic acids is 1. The van der Waals surface area contributed by atoms with Crippen LogP contribution in [0.2, 0.25) is 0 Å². The standard InChI is InChI=1S/C32H39N7O5S/c1-32(2,3)21-5-6-22-20(14-21)15-24-28(35-22)45-29(36-24)27(41)34-23(10-13-38-11-8-18(9-12-38)30(42)43)19-4-7-25(33-16-19)39-17-26(40)37-31(39)44/h4,7,15-16,18,21,23H,5-6,8-14,17H2,1-3H3,(H,34,41)(H,42,43)(H,37,40,44)/t21-,23?/m0/s1. The first kappa shape index (κ1) is 31.0. The summed E-state index contributed by atoms with van der Waals surface area (Å²) in [6, 6.07) is 4.64. The molecule has 0 saturated carbocycles. The van der Waals surface area contributed by atoms with Crippen molar-refractivity contribution < 1.29 is 24.3 Å². The highest BCUT2D eigenvalue weighted by Gasteiger charge is 2.32. The average Bonchev–Trinajstić information content (AvgIpc) is 3.58. The van der Waals surface area contributed by atoms with E-state index in [0.29, 0.717) is 55.6 Å². The lowest BCUT2D eigenvalue weighted by molar-refractivity contribution is -0.143. The number of aryl methyl sites for hydroxylation is 1. The van der Waals surface area contributed by atoms with Gasteiger partial charge in [-0.15, -0.1) is 0 Å². The van der Waals surface area contributed by atoms with Gasteiger partial charge < -0.3 is 15.3 Å². The lowest BCUT2D eigenvalue weighted by Gasteiger charge is -2.34. The Labute approximate surface area is 265 Å². The minimum Gasteiger partial charge on any atom is -0.481 e. The van der Waals surface area contributed by atoms with Gasteiger partial charge in [-0.2, -0.15) is 0 Å². The number of urea groups is 1. The quantitative estimate of drug-likeness (QED) is 0.313. The number of imide groups is 1. The van der Waals surface area contributed by atoms with Gasteiger partial charge in [-0.3, -0.25) is 24.6 Å². The highest BCUT2D eigenvalue weighted by Crippen LogP contribution is 2.38. The number of fused-ring (bicyclic) bond motifs is 2. The molecule has 2 aliphatic heterocycles. The van der Waals surface area contributed by atoms with Crippen molar-refractivity contribution in [2.45, 2.75) is 65.3 Å². The molecule has 12 nitrogen and oxygen atoms in total. The molecule has 0 aromatic carbocycles. The Balaban J connectivity index is 1.20. The summed E-state index contributed by atoms with van der Waals surface area (Å²) in [5.41, 5.74) is 4.02. The average molecular weight is 634 g/mol. The monoisotopic (exact) mass is 633 g/mol. The molecule has 2 fully saturated rings. The Morgan fingerprint density at radius 2 is 1.93 bits per heavy atom. The van der Waals surface area contributed by atoms with Gasteiger partial charge >= 0.3 is 12.0 Å². The number of pyridine rings is 2. The number of carboxylic acid groups (broad SMARTS) is 1. The van der Waals surface area contributed by atoms with Crippen molar-refractivity contribution in [1.29, 1.82) is 0 Å². The van der Waals surface area contributed by atoms with Crippen molar-refractivity contribution in [3.05, 3.63) is 46.2 Å². The second-order valence-corrected chi connectivity index (χ2v) is 14.4. The Morgan fingerprint density at radius 1 is 1.16 bits per heavy atom. The minimum atomic E-state index is -0.750. The third-order valence-electron chi connectivity index (χ3n) is 9.39. The summed E-state index contributed by atoms with van der Waals surface area (Å²) in [7, 11) is 0. The van der Waals surface area contributed by atoms with Crippen LogP contribution >= 0.6 is 11.3 Å². The van der Waals surface area contributed by atoms with Crippen molar-refractivity contribution in [1.82, 2.24) is 30.5 Å². The van der Waals surface area contributed by atoms with Crippen LogP contribution in [0.1, 0.15) is 79.1 Å². The van der Waals surface area contributed by atoms with Gasteiger partial charge in [0.05, 0.1) is 12.0 Å². The third kappa shape index (κ3) is 6.84. The molecule has 2 atom stereocenters. The maximum atomic E-state index is 13.6. The van der Waals surface area contributed by atoms with Gasteiger partial charge in [0.25, 0.3) is 5.91 Å². The summed E-state index contributed by atoms with van der Waals surface area (Å²) in [5.74, 6) is -0.838. The minimum absolute atomic E-state index is 0.0937. The zero-order valence-electron chi connectivity index (χ0n) is 25.8. The number of anilines is 1. The zero-order chi connectivity index (χ0) is 31.9. The summed E-state index contributed by atoms with van der Waals surface area (Å²) in [4.78, 5) is 67.1. The van der Waals surface area contributed by atoms with Crippen LogP contribution in [0.15, 0.2) is 24.4 Å². The number of likely N-dealkylation sites (tertiary alicyclic amines) is 1. The molecular formula is C32H39N7O5S. The highest BCUT2D eigenvalue weighted by molar-refractivity contribution is 7.19. The van der Waals surface area contributed by atoms with E-state index >= 15 is 0 Å². The van der Waals surface area contributed by atoms with Crippen molar-refractivity contribution in [3.63, 3.8) is 0 Å². The number of carbonyl (C=O) groups is 4. The van der Waals surface area contributed by atoms with E-state index in [9.17, 15) is 24.3 Å². The number of nitrogens with zero attached hydrogens (tertiary/aromatic N) is 5. The van der Waals surface area contributed by atoms with Crippen molar-refractivity contribution in [2.24, 2.45) is 17.3 Å². The molecule has 1 unspecified atom stereocenters. The molecule has 238 valence electrons. The molecule has 2 saturated heterocycles. The van der Waals surface area contributed by atoms with Gasteiger partial charge in [-0.05, 0) is 86.2 Å². The zero-order valence-corrected chi connectivity index (χ0v) is 26.7. The molecule has 6 rings (SSSR count). The fourth-order valence-electron chi connectivity index (χ4n) is 6.50. The number of carbonyl (C=O) groups excluding carboxylic acids is 3. The Morgan fingerprint density at radius 3 is 2.58 bits per heavy atom. The Bertz CT molecular complexity index is 1620. The molecule has 3 aliphatic rings. The summed E-state index contributed by atoms with van der Waals surface area (Å²) in [5, 5.41) is 15.1. The second-order valence-electron chi connectivity index (χ2n) is 13.4. The normalized spacial score (nSPS) is 20.2. The van der Waals surface area contributed by atoms with Gasteiger partial charge in [0.1, 0.15) is 22.7 Å². The first-order valence-corrected chi connectivity index (χ1v) is 16.4. The lowest BCUT2D eigenvalue weighted by Crippen LogP contribution is -2.38. The Kier molecular flexibility index (Phi) is 8.57. The SMILES string of the molecule is CC(C)(C)[C@H]1CCc2nc3sc(C(=O)NC(CCN4CCC(C(=O)O)CC4)c4ccc(N5CC(=O)NC5=O)nc4)nc3cc2C1. The first-order valence-electron chi connectivity index (χ1n) is 15.6. The van der Waals surface area contributed by atoms with Crippen LogP contribution in [-0.2, 0) is 22.4 Å². The van der Waals surface area contributed by atoms with Crippen molar-refractivity contribution in [2.75, 3.05) is 31.1 Å². The maximum Gasteiger partial charge on any atom is 0.330 e. The number of aromatic nitrogens is 3. The molecule has 0 bridgehead atoms. The van der Waals surface area contributed by atoms with E-state index < -0.39 is 18.0 Å². The molecule has 5 heterocycles. The molecule has 3 N–H and O–H groups in total. The van der Waals surface area contributed by atoms with Crippen LogP contribution in [0, 0.1) is 17.3 Å². The van der Waals surface area contributed by atoms with Gasteiger partial charge in [0.15, 0.2) is 5.01 Å². The summed E-state index contributed by atoms with van der Waals surface area (Å²) in [6.07, 6.45) is 6.36. The van der Waals surface area contributed by atoms with E-state index in [1.54, 1.807) is 18.3 Å². The van der Waals surface area contributed by atoms with Gasteiger partial charge in [-0.25, -0.2) is 19.7 Å². The van der Waals surface area contributed by atoms with Crippen LogP contribution in [0.4, 0.5) is 10.6 Å². The van der Waals surface area contributed by atoms with Gasteiger partial charge in [-0.1, -0.05) is 38.2 Å². The molecule has 1 aliphatic carbocycles. The van der Waals surface area contributed by atoms with Crippen LogP contribution < -0.4 is 15.5 Å². The molecule has 3 aromatic heterocycles. The third-order valence-corrected chi connectivity index (χ3v) is 10.4. The maximum absolute atomic E-state index is 13.6. The number of aliphatic carboxylic acids is 1. The number of amides is 4. The molecular weight excluding hydrogens is 594 g/mol. The van der Waals surface area contributed by atoms with E-state index in [1.807, 2.05) is 0 Å². The number of piperidine rings is 1. The highest BCUT2D eigenvalue weighted by atomic mass is 32.1. The van der Waals surface area contributed by atoms with E-state index in [4.69, 9.17) is 9.97 Å². The predicted molar refractivity (Wildman–Crippen MR) is 169 cm³/mol. The number of hydrogen-bond acceptors (Lipinski definition) is 9. The van der Waals surface area contributed by atoms with Crippen LogP contribution in [-0.4, -0.2) is 75.0 Å². The molecule has 0 spiro atoms. The molecule has 0 radical (unpaired) electrons. The van der Waals surface area contributed by atoms with Crippen molar-refractivity contribution >= 4 is 51.3 Å². The van der Waals surface area contributed by atoms with E-state index in [-0.39, 0.29) is 29.7 Å². The van der Waals surface area contributed by atoms with E-state index in [0.717, 1.165) is 40.9 Å². The summed E-state index contributed by atoms with van der Waals surface area (Å²) in [6.45, 7) is 8.76. The molecule has 4 amide bonds. The molecule has 13 heteroatoms. The summed E-state index contributed by atoms with van der Waals surface area (Å²) >= 11 is 1.29. The van der Waals surface area contributed by atoms with Gasteiger partial charge in [0.2, 0.25) is 5.91 Å². The van der Waals surface area contributed by atoms with E-state index in [2.05, 4.69) is 47.4 Å². The molecule has 3 aromatic rings. The largest absolute Gasteiger partial charge is 0.481 e. The fourth-order valence-corrected chi connectivity index (χ4v) is 7.34. The Hall–Kier alpha value is -3.97. The smallest absolute Gasteiger partial charge is 0.330 e. The number of thiazole rings is 1. The molecule has 45 heavy (non-hydrogen) atoms. The van der Waals surface area contributed by atoms with E-state index in [1.165, 1.54) is 21.8 Å². The van der Waals surface area contributed by atoms with Crippen LogP contribution in [0.5, 0.6) is 0 Å².